The van der Waals surface area contributed by atoms with E-state index in [9.17, 15) is 0 Å². The van der Waals surface area contributed by atoms with Gasteiger partial charge in [0, 0.05) is 11.1 Å². The summed E-state index contributed by atoms with van der Waals surface area (Å²) in [5, 5.41) is 0. The molecule has 0 heterocycles. The molecule has 122 valence electrons. The van der Waals surface area contributed by atoms with Crippen LogP contribution < -0.4 is 0 Å². The largest absolute Gasteiger partial charge is 0.0840 e. The lowest BCUT2D eigenvalue weighted by atomic mass is 10.1. The molecule has 0 nitrogen and oxygen atoms in total. The molecule has 0 radical (unpaired) electrons. The van der Waals surface area contributed by atoms with Crippen LogP contribution in [0.5, 0.6) is 0 Å². The minimum Gasteiger partial charge on any atom is -0.0840 e. The Morgan fingerprint density at radius 2 is 1.00 bits per heavy atom. The third-order valence-corrected chi connectivity index (χ3v) is 3.70. The summed E-state index contributed by atoms with van der Waals surface area (Å²) in [6.07, 6.45) is 13.4. The average Bonchev–Trinajstić information content (AvgIpc) is 2.63. The topological polar surface area (TPSA) is 0 Å². The highest BCUT2D eigenvalue weighted by Gasteiger charge is 1.90. The molecule has 0 spiro atoms. The van der Waals surface area contributed by atoms with Crippen LogP contribution in [0.25, 0.3) is 12.2 Å². The monoisotopic (exact) mass is 314 g/mol. The van der Waals surface area contributed by atoms with E-state index < -0.39 is 0 Å². The Bertz CT molecular complexity index is 653. The number of benzene rings is 2. The van der Waals surface area contributed by atoms with Crippen LogP contribution in [0.15, 0.2) is 60.7 Å². The van der Waals surface area contributed by atoms with E-state index >= 15 is 0 Å². The predicted molar refractivity (Wildman–Crippen MR) is 107 cm³/mol. The molecule has 0 fully saturated rings. The summed E-state index contributed by atoms with van der Waals surface area (Å²) in [7, 11) is 0. The average molecular weight is 314 g/mol. The van der Waals surface area contributed by atoms with E-state index in [-0.39, 0.29) is 0 Å². The molecule has 0 saturated carbocycles. The number of allylic oxidation sites excluding steroid dienone is 2. The Morgan fingerprint density at radius 3 is 1.33 bits per heavy atom. The van der Waals surface area contributed by atoms with Crippen molar-refractivity contribution in [2.75, 3.05) is 0 Å². The van der Waals surface area contributed by atoms with Crippen LogP contribution in [-0.2, 0) is 0 Å². The second-order valence-corrected chi connectivity index (χ2v) is 5.88. The van der Waals surface area contributed by atoms with Gasteiger partial charge >= 0.3 is 0 Å². The van der Waals surface area contributed by atoms with Gasteiger partial charge in [0.25, 0.3) is 0 Å². The first-order valence-electron chi connectivity index (χ1n) is 8.87. The molecule has 2 rings (SSSR count). The molecular weight excluding hydrogens is 288 g/mol. The van der Waals surface area contributed by atoms with Crippen molar-refractivity contribution in [1.29, 1.82) is 0 Å². The van der Waals surface area contributed by atoms with Gasteiger partial charge in [0.2, 0.25) is 0 Å². The van der Waals surface area contributed by atoms with Gasteiger partial charge in [-0.25, -0.2) is 0 Å². The Hall–Kier alpha value is -2.52. The van der Waals surface area contributed by atoms with Crippen molar-refractivity contribution < 1.29 is 0 Å². The number of hydrogen-bond donors (Lipinski definition) is 0. The molecule has 24 heavy (non-hydrogen) atoms. The molecule has 0 saturated heterocycles. The van der Waals surface area contributed by atoms with Crippen LogP contribution in [0.2, 0.25) is 0 Å². The summed E-state index contributed by atoms with van der Waals surface area (Å²) in [4.78, 5) is 0. The zero-order valence-corrected chi connectivity index (χ0v) is 14.8. The van der Waals surface area contributed by atoms with Crippen LogP contribution in [-0.4, -0.2) is 0 Å². The SMILES string of the molecule is CCCC=Cc1ccc(C#Cc2ccc(C=CCCC)cc2)cc1. The van der Waals surface area contributed by atoms with E-state index in [1.165, 1.54) is 24.0 Å². The van der Waals surface area contributed by atoms with E-state index in [2.05, 4.69) is 98.5 Å². The Labute approximate surface area is 146 Å². The minimum atomic E-state index is 1.05. The van der Waals surface area contributed by atoms with Crippen molar-refractivity contribution in [2.24, 2.45) is 0 Å². The van der Waals surface area contributed by atoms with E-state index in [0.29, 0.717) is 0 Å². The summed E-state index contributed by atoms with van der Waals surface area (Å²) in [5.74, 6) is 6.47. The third-order valence-electron chi connectivity index (χ3n) is 3.70. The van der Waals surface area contributed by atoms with Gasteiger partial charge in [0.15, 0.2) is 0 Å². The summed E-state index contributed by atoms with van der Waals surface area (Å²) in [6, 6.07) is 16.8. The van der Waals surface area contributed by atoms with Gasteiger partial charge in [-0.2, -0.15) is 0 Å². The van der Waals surface area contributed by atoms with Crippen LogP contribution in [0, 0.1) is 11.8 Å². The van der Waals surface area contributed by atoms with Crippen LogP contribution in [0.1, 0.15) is 61.8 Å². The number of hydrogen-bond acceptors (Lipinski definition) is 0. The fraction of sp³-hybridized carbons (Fsp3) is 0.250. The summed E-state index contributed by atoms with van der Waals surface area (Å²) in [6.45, 7) is 4.38. The van der Waals surface area contributed by atoms with Crippen molar-refractivity contribution in [2.45, 2.75) is 39.5 Å². The highest BCUT2D eigenvalue weighted by Crippen LogP contribution is 2.08. The van der Waals surface area contributed by atoms with Gasteiger partial charge in [0.1, 0.15) is 0 Å². The van der Waals surface area contributed by atoms with Crippen LogP contribution >= 0.6 is 0 Å². The van der Waals surface area contributed by atoms with Crippen LogP contribution in [0.4, 0.5) is 0 Å². The second kappa shape index (κ2) is 10.3. The molecule has 0 atom stereocenters. The van der Waals surface area contributed by atoms with Crippen molar-refractivity contribution >= 4 is 12.2 Å². The standard InChI is InChI=1S/C24H26/c1-3-5-7-9-21-11-15-23(16-12-21)19-20-24-17-13-22(14-18-24)10-8-6-4-2/h7-18H,3-6H2,1-2H3. The van der Waals surface area contributed by atoms with Gasteiger partial charge in [-0.1, -0.05) is 87.1 Å². The quantitative estimate of drug-likeness (QED) is 0.520. The molecular formula is C24H26. The maximum absolute atomic E-state index is 3.24. The first kappa shape index (κ1) is 17.8. The smallest absolute Gasteiger partial charge is 0.0249 e. The maximum atomic E-state index is 3.24. The van der Waals surface area contributed by atoms with Crippen molar-refractivity contribution in [3.63, 3.8) is 0 Å². The van der Waals surface area contributed by atoms with E-state index in [1.807, 2.05) is 0 Å². The third kappa shape index (κ3) is 6.31. The fourth-order valence-corrected chi connectivity index (χ4v) is 2.27. The van der Waals surface area contributed by atoms with E-state index in [0.717, 1.165) is 24.0 Å². The van der Waals surface area contributed by atoms with Gasteiger partial charge < -0.3 is 0 Å². The zero-order chi connectivity index (χ0) is 17.0. The maximum Gasteiger partial charge on any atom is 0.0249 e. The van der Waals surface area contributed by atoms with Crippen molar-refractivity contribution in [1.82, 2.24) is 0 Å². The molecule has 0 unspecified atom stereocenters. The van der Waals surface area contributed by atoms with Crippen LogP contribution in [0.3, 0.4) is 0 Å². The van der Waals surface area contributed by atoms with Crippen molar-refractivity contribution in [3.05, 3.63) is 82.9 Å². The molecule has 0 aromatic heterocycles. The summed E-state index contributed by atoms with van der Waals surface area (Å²) in [5.41, 5.74) is 4.57. The Kier molecular flexibility index (Phi) is 7.64. The highest BCUT2D eigenvalue weighted by molar-refractivity contribution is 5.54. The lowest BCUT2D eigenvalue weighted by Crippen LogP contribution is -1.78. The molecule has 0 aliphatic carbocycles. The summed E-state index contributed by atoms with van der Waals surface area (Å²) < 4.78 is 0. The van der Waals surface area contributed by atoms with E-state index in [4.69, 9.17) is 0 Å². The number of rotatable bonds is 6. The molecule has 2 aromatic carbocycles. The van der Waals surface area contributed by atoms with Gasteiger partial charge in [0.05, 0.1) is 0 Å². The predicted octanol–water partition coefficient (Wildman–Crippen LogP) is 6.71. The first-order chi connectivity index (χ1) is 11.8. The van der Waals surface area contributed by atoms with Gasteiger partial charge in [-0.05, 0) is 48.2 Å². The summed E-state index contributed by atoms with van der Waals surface area (Å²) >= 11 is 0. The molecule has 0 N–H and O–H groups in total. The minimum absolute atomic E-state index is 1.05. The molecule has 0 bridgehead atoms. The number of unbranched alkanes of at least 4 members (excludes halogenated alkanes) is 2. The fourth-order valence-electron chi connectivity index (χ4n) is 2.27. The van der Waals surface area contributed by atoms with Crippen molar-refractivity contribution in [3.8, 4) is 11.8 Å². The molecule has 0 aliphatic rings. The molecule has 0 amide bonds. The zero-order valence-electron chi connectivity index (χ0n) is 14.8. The molecule has 0 heteroatoms. The molecule has 0 aliphatic heterocycles. The lowest BCUT2D eigenvalue weighted by molar-refractivity contribution is 0.962. The first-order valence-corrected chi connectivity index (χ1v) is 8.87. The normalized spacial score (nSPS) is 10.9. The van der Waals surface area contributed by atoms with Gasteiger partial charge in [-0.3, -0.25) is 0 Å². The van der Waals surface area contributed by atoms with E-state index in [1.54, 1.807) is 0 Å². The second-order valence-electron chi connectivity index (χ2n) is 5.88. The molecule has 2 aromatic rings. The van der Waals surface area contributed by atoms with Gasteiger partial charge in [-0.15, -0.1) is 0 Å². The Morgan fingerprint density at radius 1 is 0.625 bits per heavy atom. The lowest BCUT2D eigenvalue weighted by Gasteiger charge is -1.96. The Balaban J connectivity index is 1.99. The highest BCUT2D eigenvalue weighted by atomic mass is 13.9.